The van der Waals surface area contributed by atoms with Crippen molar-refractivity contribution in [1.82, 2.24) is 9.62 Å². The number of hydrogen-bond acceptors (Lipinski definition) is 8. The van der Waals surface area contributed by atoms with Crippen LogP contribution in [0.5, 0.6) is 0 Å². The van der Waals surface area contributed by atoms with E-state index in [4.69, 9.17) is 0 Å². The molecule has 1 aliphatic rings. The second-order valence-electron chi connectivity index (χ2n) is 11.4. The Morgan fingerprint density at radius 3 is 2.43 bits per heavy atom. The number of pyridine rings is 1. The number of nitrogens with one attached hydrogen (secondary N) is 1. The maximum Gasteiger partial charge on any atom is 0.240 e. The number of hydrogen-bond donors (Lipinski definition) is 1. The molecule has 5 rings (SSSR count). The van der Waals surface area contributed by atoms with Crippen LogP contribution < -0.4 is 14.2 Å². The van der Waals surface area contributed by atoms with E-state index in [1.54, 1.807) is 23.9 Å². The molecule has 248 valence electrons. The molecule has 0 aliphatic carbocycles. The number of anilines is 1. The van der Waals surface area contributed by atoms with E-state index in [0.29, 0.717) is 0 Å². The third-order valence-corrected chi connectivity index (χ3v) is 11.7. The first-order valence-corrected chi connectivity index (χ1v) is 19.4. The molecule has 0 saturated carbocycles. The molecule has 1 aliphatic heterocycles. The monoisotopic (exact) mass is 692 g/mol. The summed E-state index contributed by atoms with van der Waals surface area (Å²) in [7, 11) is -4.37. The molecule has 0 radical (unpaired) electrons. The van der Waals surface area contributed by atoms with Gasteiger partial charge in [0.15, 0.2) is 6.20 Å². The Kier molecular flexibility index (Phi) is 10.9. The van der Waals surface area contributed by atoms with Gasteiger partial charge in [0.25, 0.3) is 0 Å². The molecule has 47 heavy (non-hydrogen) atoms. The van der Waals surface area contributed by atoms with Gasteiger partial charge in [0.2, 0.25) is 15.5 Å². The van der Waals surface area contributed by atoms with Crippen molar-refractivity contribution in [3.63, 3.8) is 0 Å². The summed E-state index contributed by atoms with van der Waals surface area (Å²) in [5, 5.41) is 2.07. The fourth-order valence-electron chi connectivity index (χ4n) is 5.51. The Hall–Kier alpha value is -3.52. The number of para-hydroxylation sites is 1. The van der Waals surface area contributed by atoms with Crippen molar-refractivity contribution in [1.29, 1.82) is 0 Å². The number of sulfonamides is 1. The van der Waals surface area contributed by atoms with Gasteiger partial charge in [-0.05, 0) is 78.2 Å². The molecule has 0 fully saturated rings. The van der Waals surface area contributed by atoms with Gasteiger partial charge >= 0.3 is 0 Å². The molecule has 0 amide bonds. The van der Waals surface area contributed by atoms with Gasteiger partial charge in [-0.1, -0.05) is 62.0 Å². The third kappa shape index (κ3) is 8.50. The molecular formula is C35H40N4O5S3. The van der Waals surface area contributed by atoms with Gasteiger partial charge in [-0.25, -0.2) is 26.1 Å². The highest BCUT2D eigenvalue weighted by Gasteiger charge is 2.26. The molecule has 2 heterocycles. The van der Waals surface area contributed by atoms with Gasteiger partial charge < -0.3 is 9.45 Å². The van der Waals surface area contributed by atoms with Crippen LogP contribution in [0.4, 0.5) is 5.69 Å². The number of benzene rings is 3. The van der Waals surface area contributed by atoms with E-state index in [9.17, 15) is 21.4 Å². The lowest BCUT2D eigenvalue weighted by Crippen LogP contribution is -2.28. The number of aryl methyl sites for hydroxylation is 1. The van der Waals surface area contributed by atoms with E-state index >= 15 is 0 Å². The van der Waals surface area contributed by atoms with E-state index in [2.05, 4.69) is 88.9 Å². The number of nitrogens with zero attached hydrogens (tertiary/aromatic N) is 3. The van der Waals surface area contributed by atoms with Gasteiger partial charge in [-0.3, -0.25) is 4.90 Å². The highest BCUT2D eigenvalue weighted by Crippen LogP contribution is 2.47. The fourth-order valence-corrected chi connectivity index (χ4v) is 8.18. The first kappa shape index (κ1) is 34.8. The Morgan fingerprint density at radius 2 is 1.72 bits per heavy atom. The Morgan fingerprint density at radius 1 is 1.00 bits per heavy atom. The van der Waals surface area contributed by atoms with Gasteiger partial charge in [-0.15, -0.1) is 0 Å². The fraction of sp³-hybridized carbons (Fsp3) is 0.286. The van der Waals surface area contributed by atoms with Crippen molar-refractivity contribution in [2.45, 2.75) is 36.6 Å². The first-order valence-electron chi connectivity index (χ1n) is 15.5. The Bertz CT molecular complexity index is 2040. The van der Waals surface area contributed by atoms with Crippen molar-refractivity contribution >= 4 is 60.1 Å². The summed E-state index contributed by atoms with van der Waals surface area (Å²) in [4.78, 5) is 5.35. The first-order chi connectivity index (χ1) is 22.4. The average molecular weight is 693 g/mol. The van der Waals surface area contributed by atoms with Gasteiger partial charge in [0.1, 0.15) is 7.05 Å². The molecule has 0 unspecified atom stereocenters. The molecule has 0 bridgehead atoms. The molecular weight excluding hydrogens is 653 g/mol. The van der Waals surface area contributed by atoms with Gasteiger partial charge in [0, 0.05) is 42.9 Å². The van der Waals surface area contributed by atoms with Crippen molar-refractivity contribution in [3.8, 4) is 0 Å². The zero-order valence-electron chi connectivity index (χ0n) is 27.0. The van der Waals surface area contributed by atoms with Crippen LogP contribution in [0.3, 0.4) is 0 Å². The average Bonchev–Trinajstić information content (AvgIpc) is 3.36. The maximum absolute atomic E-state index is 13.0. The summed E-state index contributed by atoms with van der Waals surface area (Å²) in [5.74, 6) is -0.626. The van der Waals surface area contributed by atoms with E-state index in [1.165, 1.54) is 11.6 Å². The van der Waals surface area contributed by atoms with Crippen LogP contribution in [0.25, 0.3) is 22.6 Å². The number of aromatic nitrogens is 1. The lowest BCUT2D eigenvalue weighted by molar-refractivity contribution is -0.644. The summed E-state index contributed by atoms with van der Waals surface area (Å²) in [6.07, 6.45) is 6.31. The summed E-state index contributed by atoms with van der Waals surface area (Å²) >= 11 is 1.56. The summed E-state index contributed by atoms with van der Waals surface area (Å²) in [5.41, 5.74) is 6.29. The molecule has 0 saturated heterocycles. The maximum atomic E-state index is 13.0. The number of allylic oxidation sites excluding steroid dienone is 2. The molecule has 4 aromatic rings. The molecule has 0 atom stereocenters. The van der Waals surface area contributed by atoms with Crippen LogP contribution >= 0.6 is 11.8 Å². The van der Waals surface area contributed by atoms with Gasteiger partial charge in [0.05, 0.1) is 31.1 Å². The largest absolute Gasteiger partial charge is 0.748 e. The predicted octanol–water partition coefficient (Wildman–Crippen LogP) is 5.34. The lowest BCUT2D eigenvalue weighted by Gasteiger charge is -2.18. The van der Waals surface area contributed by atoms with Crippen LogP contribution in [-0.2, 0) is 33.7 Å². The van der Waals surface area contributed by atoms with Crippen molar-refractivity contribution in [2.75, 3.05) is 37.3 Å². The molecule has 12 heteroatoms. The zero-order chi connectivity index (χ0) is 33.8. The molecule has 9 nitrogen and oxygen atoms in total. The van der Waals surface area contributed by atoms with E-state index in [1.807, 2.05) is 31.1 Å². The minimum Gasteiger partial charge on any atom is -0.748 e. The van der Waals surface area contributed by atoms with Crippen molar-refractivity contribution in [3.05, 3.63) is 107 Å². The number of thioether (sulfide) groups is 1. The Labute approximate surface area is 282 Å². The summed E-state index contributed by atoms with van der Waals surface area (Å²) < 4.78 is 63.1. The van der Waals surface area contributed by atoms with E-state index in [0.717, 1.165) is 62.8 Å². The molecule has 1 aromatic heterocycles. The highest BCUT2D eigenvalue weighted by molar-refractivity contribution is 8.03. The molecule has 0 spiro atoms. The second kappa shape index (κ2) is 14.7. The van der Waals surface area contributed by atoms with E-state index in [-0.39, 0.29) is 17.9 Å². The summed E-state index contributed by atoms with van der Waals surface area (Å²) in [6.45, 7) is 7.06. The third-order valence-electron chi connectivity index (χ3n) is 8.26. The van der Waals surface area contributed by atoms with Gasteiger partial charge in [-0.2, -0.15) is 0 Å². The second-order valence-corrected chi connectivity index (χ2v) is 15.8. The smallest absolute Gasteiger partial charge is 0.240 e. The quantitative estimate of drug-likeness (QED) is 0.114. The Balaban J connectivity index is 1.49. The van der Waals surface area contributed by atoms with Crippen molar-refractivity contribution < 1.29 is 26.0 Å². The number of rotatable bonds is 13. The topological polar surface area (TPSA) is 114 Å². The predicted molar refractivity (Wildman–Crippen MR) is 189 cm³/mol. The number of fused-ring (bicyclic) bond motifs is 2. The highest BCUT2D eigenvalue weighted by atomic mass is 32.2. The molecule has 1 N–H and O–H groups in total. The molecule has 3 aromatic carbocycles. The van der Waals surface area contributed by atoms with Crippen LogP contribution in [0.15, 0.2) is 99.9 Å². The minimum atomic E-state index is -4.41. The van der Waals surface area contributed by atoms with Crippen LogP contribution in [0, 0.1) is 0 Å². The lowest BCUT2D eigenvalue weighted by atomic mass is 9.99. The van der Waals surface area contributed by atoms with Crippen LogP contribution in [-0.4, -0.2) is 58.7 Å². The standard InChI is InChI=1S/C35H40N4O5S3/c1-5-39(6-2)25-26-12-14-27(15-13-26)29(22-28-18-20-37(3)32-11-8-7-10-31(28)32)23-35-38(4)33-24-30(16-17-34(33)45-35)47(43,44)36-19-9-21-46(40,41)42/h7-8,10-18,20,22-24,36H,5-6,9,19,21,25H2,1-4H3. The SMILES string of the molecule is CCN(CC)Cc1ccc(C(=Cc2cc[n+](C)c3ccccc23)C=C2Sc3ccc(S(=O)(=O)NCCCS(=O)(=O)[O-])cc3N2C)cc1. The minimum absolute atomic E-state index is 0.0677. The van der Waals surface area contributed by atoms with Crippen LogP contribution in [0.1, 0.15) is 37.0 Å². The summed E-state index contributed by atoms with van der Waals surface area (Å²) in [6, 6.07) is 24.1. The normalized spacial score (nSPS) is 14.8. The van der Waals surface area contributed by atoms with E-state index < -0.39 is 25.9 Å². The van der Waals surface area contributed by atoms with Crippen LogP contribution in [0.2, 0.25) is 0 Å². The zero-order valence-corrected chi connectivity index (χ0v) is 29.5. The van der Waals surface area contributed by atoms with Crippen molar-refractivity contribution in [2.24, 2.45) is 7.05 Å².